The molecule has 4 N–H and O–H groups in total. The summed E-state index contributed by atoms with van der Waals surface area (Å²) in [6, 6.07) is -2.36. The third kappa shape index (κ3) is 23.4. The molecule has 0 aromatic heterocycles. The van der Waals surface area contributed by atoms with Gasteiger partial charge >= 0.3 is 0 Å². The topological polar surface area (TPSA) is 140 Å². The highest BCUT2D eigenvalue weighted by Gasteiger charge is 2.44. The molecule has 0 bridgehead atoms. The summed E-state index contributed by atoms with van der Waals surface area (Å²) in [5.41, 5.74) is 0. The molecule has 3 heterocycles. The molecule has 0 aromatic rings. The van der Waals surface area contributed by atoms with E-state index in [0.29, 0.717) is 45.4 Å². The molecular weight excluding hydrogens is 789 g/mol. The highest BCUT2D eigenvalue weighted by molar-refractivity contribution is 5.95. The van der Waals surface area contributed by atoms with Gasteiger partial charge in [-0.3, -0.25) is 24.0 Å². The highest BCUT2D eigenvalue weighted by atomic mass is 16.2. The summed E-state index contributed by atoms with van der Waals surface area (Å²) in [6.45, 7) is 7.51. The van der Waals surface area contributed by atoms with Crippen LogP contribution < -0.4 is 21.3 Å². The number of carbonyl (C=O) groups excluding carboxylic acids is 5. The summed E-state index contributed by atoms with van der Waals surface area (Å²) < 4.78 is 0. The number of hydrogen-bond donors (Lipinski definition) is 4. The molecule has 3 rings (SSSR count). The molecule has 0 spiro atoms. The Kier molecular flexibility index (Phi) is 30.8. The van der Waals surface area contributed by atoms with Crippen molar-refractivity contribution in [2.45, 2.75) is 269 Å². The first-order valence-electron chi connectivity index (χ1n) is 27.1. The van der Waals surface area contributed by atoms with Gasteiger partial charge in [0.2, 0.25) is 29.5 Å². The molecular formula is C52H96N6O5. The molecule has 63 heavy (non-hydrogen) atoms. The second-order valence-corrected chi connectivity index (χ2v) is 19.5. The van der Waals surface area contributed by atoms with Gasteiger partial charge in [0.15, 0.2) is 0 Å². The van der Waals surface area contributed by atoms with Gasteiger partial charge in [-0.05, 0) is 64.3 Å². The molecule has 3 fully saturated rings. The van der Waals surface area contributed by atoms with Crippen molar-refractivity contribution >= 4 is 29.5 Å². The third-order valence-electron chi connectivity index (χ3n) is 14.0. The monoisotopic (exact) mass is 885 g/mol. The summed E-state index contributed by atoms with van der Waals surface area (Å²) in [7, 11) is 0. The fourth-order valence-corrected chi connectivity index (χ4v) is 9.98. The van der Waals surface area contributed by atoms with E-state index in [0.717, 1.165) is 57.9 Å². The number of amides is 5. The van der Waals surface area contributed by atoms with Crippen molar-refractivity contribution in [3.8, 4) is 0 Å². The number of unbranched alkanes of at least 4 members (excludes halogenated alkanes) is 26. The lowest BCUT2D eigenvalue weighted by molar-refractivity contribution is -0.147. The Labute approximate surface area is 385 Å². The minimum Gasteiger partial charge on any atom is -0.356 e. The summed E-state index contributed by atoms with van der Waals surface area (Å²) in [4.78, 5) is 71.2. The van der Waals surface area contributed by atoms with Crippen LogP contribution in [0.4, 0.5) is 0 Å². The van der Waals surface area contributed by atoms with Crippen molar-refractivity contribution in [1.82, 2.24) is 31.1 Å². The average Bonchev–Trinajstić information content (AvgIpc) is 4.11. The van der Waals surface area contributed by atoms with E-state index in [1.54, 1.807) is 9.80 Å². The van der Waals surface area contributed by atoms with Crippen LogP contribution in [0.25, 0.3) is 0 Å². The van der Waals surface area contributed by atoms with E-state index in [9.17, 15) is 24.0 Å². The molecule has 0 aromatic carbocycles. The normalized spacial score (nSPS) is 19.1. The Morgan fingerprint density at radius 1 is 0.508 bits per heavy atom. The Morgan fingerprint density at radius 3 is 1.40 bits per heavy atom. The zero-order valence-electron chi connectivity index (χ0n) is 40.7. The smallest absolute Gasteiger partial charge is 0.246 e. The lowest BCUT2D eigenvalue weighted by Gasteiger charge is -2.32. The molecule has 0 aliphatic carbocycles. The average molecular weight is 885 g/mol. The van der Waals surface area contributed by atoms with Crippen molar-refractivity contribution < 1.29 is 24.0 Å². The van der Waals surface area contributed by atoms with Gasteiger partial charge in [-0.25, -0.2) is 0 Å². The number of hydrogen-bond acceptors (Lipinski definition) is 6. The molecule has 0 saturated carbocycles. The van der Waals surface area contributed by atoms with Gasteiger partial charge in [0, 0.05) is 32.6 Å². The molecule has 0 radical (unpaired) electrons. The van der Waals surface area contributed by atoms with E-state index in [4.69, 9.17) is 0 Å². The lowest BCUT2D eigenvalue weighted by Crippen LogP contribution is -2.57. The van der Waals surface area contributed by atoms with Crippen LogP contribution in [0.3, 0.4) is 0 Å². The maximum Gasteiger partial charge on any atom is 0.246 e. The van der Waals surface area contributed by atoms with Gasteiger partial charge < -0.3 is 31.1 Å². The molecule has 3 aliphatic heterocycles. The zero-order chi connectivity index (χ0) is 45.2. The Morgan fingerprint density at radius 2 is 0.937 bits per heavy atom. The summed E-state index contributed by atoms with van der Waals surface area (Å²) >= 11 is 0. The van der Waals surface area contributed by atoms with Crippen LogP contribution in [-0.2, 0) is 24.0 Å². The SMILES string of the molecule is CCCCCCCCCCCCCCCCNC(=O)CCC(NC(=O)C1CCCN1C(=O)C1CCCN1C(=O)C1CCCN1)C(=O)NCCCCCCCCCCCCCCCC. The van der Waals surface area contributed by atoms with Gasteiger partial charge in [0.1, 0.15) is 18.1 Å². The summed E-state index contributed by atoms with van der Waals surface area (Å²) in [5, 5.41) is 12.3. The first-order valence-corrected chi connectivity index (χ1v) is 27.1. The first-order chi connectivity index (χ1) is 30.9. The molecule has 11 nitrogen and oxygen atoms in total. The van der Waals surface area contributed by atoms with Crippen LogP contribution >= 0.6 is 0 Å². The number of nitrogens with one attached hydrogen (secondary N) is 4. The minimum absolute atomic E-state index is 0.0123. The highest BCUT2D eigenvalue weighted by Crippen LogP contribution is 2.27. The Balaban J connectivity index is 1.39. The third-order valence-corrected chi connectivity index (χ3v) is 14.0. The van der Waals surface area contributed by atoms with E-state index in [2.05, 4.69) is 35.1 Å². The molecule has 4 unspecified atom stereocenters. The second-order valence-electron chi connectivity index (χ2n) is 19.5. The molecule has 3 saturated heterocycles. The van der Waals surface area contributed by atoms with Crippen LogP contribution in [0.1, 0.15) is 245 Å². The number of carbonyl (C=O) groups is 5. The minimum atomic E-state index is -0.869. The number of rotatable bonds is 38. The van der Waals surface area contributed by atoms with E-state index >= 15 is 0 Å². The molecule has 3 aliphatic rings. The molecule has 364 valence electrons. The van der Waals surface area contributed by atoms with E-state index in [1.165, 1.54) is 148 Å². The van der Waals surface area contributed by atoms with Crippen LogP contribution in [0.5, 0.6) is 0 Å². The molecule has 11 heteroatoms. The fourth-order valence-electron chi connectivity index (χ4n) is 9.98. The van der Waals surface area contributed by atoms with Gasteiger partial charge in [-0.15, -0.1) is 0 Å². The van der Waals surface area contributed by atoms with E-state index in [1.807, 2.05) is 0 Å². The van der Waals surface area contributed by atoms with Crippen molar-refractivity contribution in [3.63, 3.8) is 0 Å². The summed E-state index contributed by atoms with van der Waals surface area (Å²) in [6.07, 6.45) is 40.4. The fraction of sp³-hybridized carbons (Fsp3) is 0.904. The van der Waals surface area contributed by atoms with Gasteiger partial charge in [-0.1, -0.05) is 181 Å². The van der Waals surface area contributed by atoms with Crippen molar-refractivity contribution in [2.75, 3.05) is 32.7 Å². The standard InChI is InChI=1S/C52H96N6O5/c1-3-5-7-9-11-13-15-17-19-21-23-25-27-29-39-54-48(59)38-37-44(49(60)55-40-30-28-26-24-22-20-18-16-14-12-10-8-6-4-2)56-50(61)46-35-32-42-57(46)52(63)47-36-33-43-58(47)51(62)45-34-31-41-53-45/h44-47,53H,3-43H2,1-2H3,(H,54,59)(H,55,60)(H,56,61). The Hall–Kier alpha value is -2.69. The second kappa shape index (κ2) is 35.6. The quantitative estimate of drug-likeness (QED) is 0.0456. The van der Waals surface area contributed by atoms with Crippen LogP contribution in [0.2, 0.25) is 0 Å². The maximum atomic E-state index is 14.0. The van der Waals surface area contributed by atoms with Gasteiger partial charge in [0.05, 0.1) is 6.04 Å². The maximum absolute atomic E-state index is 14.0. The molecule has 4 atom stereocenters. The largest absolute Gasteiger partial charge is 0.356 e. The number of likely N-dealkylation sites (tertiary alicyclic amines) is 2. The van der Waals surface area contributed by atoms with Crippen molar-refractivity contribution in [2.24, 2.45) is 0 Å². The van der Waals surface area contributed by atoms with Crippen LogP contribution in [-0.4, -0.2) is 96.2 Å². The summed E-state index contributed by atoms with van der Waals surface area (Å²) in [5.74, 6) is -0.914. The van der Waals surface area contributed by atoms with Gasteiger partial charge in [0.25, 0.3) is 0 Å². The van der Waals surface area contributed by atoms with Crippen molar-refractivity contribution in [1.29, 1.82) is 0 Å². The Bertz CT molecular complexity index is 1240. The molecule has 5 amide bonds. The van der Waals surface area contributed by atoms with Crippen molar-refractivity contribution in [3.05, 3.63) is 0 Å². The van der Waals surface area contributed by atoms with Crippen LogP contribution in [0.15, 0.2) is 0 Å². The lowest BCUT2D eigenvalue weighted by atomic mass is 10.0. The first kappa shape index (κ1) is 54.6. The van der Waals surface area contributed by atoms with E-state index < -0.39 is 18.1 Å². The van der Waals surface area contributed by atoms with Crippen LogP contribution in [0, 0.1) is 0 Å². The van der Waals surface area contributed by atoms with E-state index in [-0.39, 0.29) is 48.4 Å². The predicted octanol–water partition coefficient (Wildman–Crippen LogP) is 10.2. The zero-order valence-corrected chi connectivity index (χ0v) is 40.7. The number of nitrogens with zero attached hydrogens (tertiary/aromatic N) is 2. The predicted molar refractivity (Wildman–Crippen MR) is 258 cm³/mol. The van der Waals surface area contributed by atoms with Gasteiger partial charge in [-0.2, -0.15) is 0 Å².